The second-order valence-electron chi connectivity index (χ2n) is 10.9. The first-order valence-corrected chi connectivity index (χ1v) is 14.3. The number of carbonyl (C=O) groups is 2. The molecule has 0 unspecified atom stereocenters. The zero-order valence-electron chi connectivity index (χ0n) is 22.2. The lowest BCUT2D eigenvalue weighted by Crippen LogP contribution is -2.39. The Balaban J connectivity index is 1.02. The summed E-state index contributed by atoms with van der Waals surface area (Å²) in [6.07, 6.45) is 9.30. The zero-order chi connectivity index (χ0) is 25.9. The van der Waals surface area contributed by atoms with Crippen molar-refractivity contribution < 1.29 is 14.3 Å². The van der Waals surface area contributed by atoms with Gasteiger partial charge in [0.15, 0.2) is 0 Å². The van der Waals surface area contributed by atoms with Crippen molar-refractivity contribution >= 4 is 28.4 Å². The molecule has 0 spiro atoms. The molecule has 0 aliphatic carbocycles. The third-order valence-corrected chi connectivity index (χ3v) is 8.42. The smallest absolute Gasteiger partial charge is 0.253 e. The molecule has 7 nitrogen and oxygen atoms in total. The summed E-state index contributed by atoms with van der Waals surface area (Å²) in [5, 5.41) is 1.21. The zero-order valence-corrected chi connectivity index (χ0v) is 22.2. The second kappa shape index (κ2) is 11.2. The molecule has 3 aromatic rings. The molecule has 0 radical (unpaired) electrons. The van der Waals surface area contributed by atoms with E-state index < -0.39 is 0 Å². The Hall–Kier alpha value is -3.32. The van der Waals surface area contributed by atoms with Gasteiger partial charge < -0.3 is 24.0 Å². The van der Waals surface area contributed by atoms with Crippen molar-refractivity contribution in [3.05, 3.63) is 60.3 Å². The quantitative estimate of drug-likeness (QED) is 0.392. The normalized spacial score (nSPS) is 19.1. The van der Waals surface area contributed by atoms with E-state index in [4.69, 9.17) is 4.74 Å². The third-order valence-electron chi connectivity index (χ3n) is 8.42. The Morgan fingerprint density at radius 3 is 2.42 bits per heavy atom. The number of piperidine rings is 1. The highest BCUT2D eigenvalue weighted by atomic mass is 16.5. The second-order valence-corrected chi connectivity index (χ2v) is 10.9. The highest BCUT2D eigenvalue weighted by molar-refractivity contribution is 5.97. The van der Waals surface area contributed by atoms with Crippen LogP contribution in [-0.4, -0.2) is 72.1 Å². The maximum atomic E-state index is 13.1. The van der Waals surface area contributed by atoms with Gasteiger partial charge in [0.05, 0.1) is 6.61 Å². The molecule has 4 heterocycles. The van der Waals surface area contributed by atoms with Crippen molar-refractivity contribution in [3.8, 4) is 5.75 Å². The van der Waals surface area contributed by atoms with Crippen molar-refractivity contribution in [2.24, 2.45) is 0 Å². The van der Waals surface area contributed by atoms with E-state index in [0.717, 1.165) is 69.9 Å². The van der Waals surface area contributed by atoms with Gasteiger partial charge in [-0.1, -0.05) is 0 Å². The fraction of sp³-hybridized carbons (Fsp3) is 0.484. The van der Waals surface area contributed by atoms with Gasteiger partial charge in [-0.05, 0) is 100 Å². The molecule has 0 N–H and O–H groups in total. The minimum atomic E-state index is 0.0756. The largest absolute Gasteiger partial charge is 0.494 e. The first-order chi connectivity index (χ1) is 18.7. The summed E-state index contributed by atoms with van der Waals surface area (Å²) >= 11 is 0. The van der Waals surface area contributed by atoms with Gasteiger partial charge in [0.25, 0.3) is 5.91 Å². The van der Waals surface area contributed by atoms with Crippen LogP contribution in [0.5, 0.6) is 5.75 Å². The van der Waals surface area contributed by atoms with E-state index in [1.165, 1.54) is 36.8 Å². The maximum Gasteiger partial charge on any atom is 0.253 e. The number of rotatable bonds is 8. The van der Waals surface area contributed by atoms with Crippen molar-refractivity contribution in [1.29, 1.82) is 0 Å². The van der Waals surface area contributed by atoms with Crippen LogP contribution in [0.1, 0.15) is 61.3 Å². The van der Waals surface area contributed by atoms with Crippen LogP contribution < -0.4 is 9.64 Å². The fourth-order valence-electron chi connectivity index (χ4n) is 6.27. The predicted octanol–water partition coefficient (Wildman–Crippen LogP) is 5.11. The summed E-state index contributed by atoms with van der Waals surface area (Å²) in [7, 11) is 0. The van der Waals surface area contributed by atoms with Gasteiger partial charge in [0, 0.05) is 67.0 Å². The number of aromatic nitrogens is 1. The Morgan fingerprint density at radius 1 is 0.895 bits per heavy atom. The van der Waals surface area contributed by atoms with Gasteiger partial charge in [-0.25, -0.2) is 0 Å². The van der Waals surface area contributed by atoms with E-state index in [1.54, 1.807) is 0 Å². The van der Waals surface area contributed by atoms with Gasteiger partial charge in [0.2, 0.25) is 5.91 Å². The number of anilines is 1. The molecule has 38 heavy (non-hydrogen) atoms. The number of ether oxygens (including phenoxy) is 1. The topological polar surface area (TPSA) is 58.0 Å². The number of amides is 2. The molecule has 2 aromatic carbocycles. The average molecular weight is 515 g/mol. The van der Waals surface area contributed by atoms with Crippen LogP contribution in [0.4, 0.5) is 5.69 Å². The van der Waals surface area contributed by atoms with Crippen LogP contribution in [0.3, 0.4) is 0 Å². The standard InChI is InChI=1S/C31H38N4O3/c36-30-5-3-18-35(30)26-8-6-24(7-9-26)31(37)33-19-13-27(14-20-33)34-21-12-25-23-28(10-11-29(25)34)38-22-4-17-32-15-1-2-16-32/h6-12,21,23,27H,1-5,13-20,22H2. The van der Waals surface area contributed by atoms with E-state index in [2.05, 4.69) is 39.9 Å². The monoisotopic (exact) mass is 514 g/mol. The average Bonchev–Trinajstić information content (AvgIpc) is 3.72. The summed E-state index contributed by atoms with van der Waals surface area (Å²) in [6, 6.07) is 16.5. The lowest BCUT2D eigenvalue weighted by molar-refractivity contribution is -0.117. The molecule has 3 aliphatic heterocycles. The number of nitrogens with zero attached hydrogens (tertiary/aromatic N) is 4. The maximum absolute atomic E-state index is 13.1. The van der Waals surface area contributed by atoms with Crippen molar-refractivity contribution in [2.45, 2.75) is 51.0 Å². The minimum absolute atomic E-state index is 0.0756. The molecule has 200 valence electrons. The molecule has 6 rings (SSSR count). The van der Waals surface area contributed by atoms with Gasteiger partial charge in [-0.3, -0.25) is 9.59 Å². The van der Waals surface area contributed by atoms with Crippen molar-refractivity contribution in [2.75, 3.05) is 50.8 Å². The third kappa shape index (κ3) is 5.30. The van der Waals surface area contributed by atoms with Gasteiger partial charge >= 0.3 is 0 Å². The molecule has 3 fully saturated rings. The Kier molecular flexibility index (Phi) is 7.36. The summed E-state index contributed by atoms with van der Waals surface area (Å²) < 4.78 is 8.42. The lowest BCUT2D eigenvalue weighted by atomic mass is 10.0. The predicted molar refractivity (Wildman–Crippen MR) is 150 cm³/mol. The number of hydrogen-bond donors (Lipinski definition) is 0. The van der Waals surface area contributed by atoms with Crippen LogP contribution in [0.15, 0.2) is 54.7 Å². The van der Waals surface area contributed by atoms with Crippen molar-refractivity contribution in [3.63, 3.8) is 0 Å². The molecule has 7 heteroatoms. The molecular formula is C31H38N4O3. The summed E-state index contributed by atoms with van der Waals surface area (Å²) in [5.41, 5.74) is 2.81. The SMILES string of the molecule is O=C(c1ccc(N2CCCC2=O)cc1)N1CCC(n2ccc3cc(OCCCN4CCCC4)ccc32)CC1. The van der Waals surface area contributed by atoms with Gasteiger partial charge in [0.1, 0.15) is 5.75 Å². The number of hydrogen-bond acceptors (Lipinski definition) is 4. The lowest BCUT2D eigenvalue weighted by Gasteiger charge is -2.33. The number of likely N-dealkylation sites (tertiary alicyclic amines) is 2. The van der Waals surface area contributed by atoms with E-state index in [1.807, 2.05) is 34.1 Å². The summed E-state index contributed by atoms with van der Waals surface area (Å²) in [5.74, 6) is 1.18. The molecule has 0 bridgehead atoms. The first-order valence-electron chi connectivity index (χ1n) is 14.3. The van der Waals surface area contributed by atoms with Crippen LogP contribution in [0, 0.1) is 0 Å². The Bertz CT molecular complexity index is 1270. The van der Waals surface area contributed by atoms with E-state index >= 15 is 0 Å². The molecule has 2 amide bonds. The highest BCUT2D eigenvalue weighted by Crippen LogP contribution is 2.31. The minimum Gasteiger partial charge on any atom is -0.494 e. The number of carbonyl (C=O) groups excluding carboxylic acids is 2. The fourth-order valence-corrected chi connectivity index (χ4v) is 6.27. The number of fused-ring (bicyclic) bond motifs is 1. The molecule has 3 aliphatic rings. The molecule has 1 aromatic heterocycles. The van der Waals surface area contributed by atoms with Crippen LogP contribution >= 0.6 is 0 Å². The first kappa shape index (κ1) is 25.0. The van der Waals surface area contributed by atoms with Crippen LogP contribution in [0.25, 0.3) is 10.9 Å². The van der Waals surface area contributed by atoms with E-state index in [-0.39, 0.29) is 11.8 Å². The highest BCUT2D eigenvalue weighted by Gasteiger charge is 2.26. The Morgan fingerprint density at radius 2 is 1.68 bits per heavy atom. The van der Waals surface area contributed by atoms with E-state index in [0.29, 0.717) is 18.0 Å². The van der Waals surface area contributed by atoms with Crippen LogP contribution in [-0.2, 0) is 4.79 Å². The molecule has 0 atom stereocenters. The van der Waals surface area contributed by atoms with Crippen molar-refractivity contribution in [1.82, 2.24) is 14.4 Å². The summed E-state index contributed by atoms with van der Waals surface area (Å²) in [6.45, 7) is 6.62. The molecule has 3 saturated heterocycles. The Labute approximate surface area is 224 Å². The summed E-state index contributed by atoms with van der Waals surface area (Å²) in [4.78, 5) is 31.5. The van der Waals surface area contributed by atoms with E-state index in [9.17, 15) is 9.59 Å². The molecular weight excluding hydrogens is 476 g/mol. The number of benzene rings is 2. The van der Waals surface area contributed by atoms with Gasteiger partial charge in [-0.15, -0.1) is 0 Å². The van der Waals surface area contributed by atoms with Gasteiger partial charge in [-0.2, -0.15) is 0 Å². The molecule has 0 saturated carbocycles. The van der Waals surface area contributed by atoms with Crippen LogP contribution in [0.2, 0.25) is 0 Å².